The molecule has 0 radical (unpaired) electrons. The second-order valence-corrected chi connectivity index (χ2v) is 18.7. The SMILES string of the molecule is CN[C@@H](C)C(=O)NC(C(=O)N1CCC[C@H]1C(=O)N[C@@H]1CCCc2ccccc21)[C@@H](C)OCC=Cc1ccc([C@H](NC(=O)[C@H](C)NC)C(=O)N2CCC[C@H]2C(=O)N[C@@H]2CCCc3ccccc32)cc1. The summed E-state index contributed by atoms with van der Waals surface area (Å²) in [5, 5.41) is 18.2. The van der Waals surface area contributed by atoms with Gasteiger partial charge < -0.3 is 46.4 Å². The maximum Gasteiger partial charge on any atom is 0.250 e. The molecule has 15 heteroatoms. The van der Waals surface area contributed by atoms with Gasteiger partial charge in [-0.2, -0.15) is 0 Å². The van der Waals surface area contributed by atoms with Crippen molar-refractivity contribution >= 4 is 41.5 Å². The highest BCUT2D eigenvalue weighted by Gasteiger charge is 2.42. The summed E-state index contributed by atoms with van der Waals surface area (Å²) in [5.41, 5.74) is 6.10. The van der Waals surface area contributed by atoms with Gasteiger partial charge in [-0.15, -0.1) is 0 Å². The Hall–Kier alpha value is -5.90. The number of carbonyl (C=O) groups excluding carboxylic acids is 6. The zero-order chi connectivity index (χ0) is 48.3. The smallest absolute Gasteiger partial charge is 0.250 e. The number of carbonyl (C=O) groups is 6. The van der Waals surface area contributed by atoms with Crippen molar-refractivity contribution in [3.8, 4) is 0 Å². The predicted octanol–water partition coefficient (Wildman–Crippen LogP) is 4.33. The summed E-state index contributed by atoms with van der Waals surface area (Å²) in [6, 6.07) is 18.9. The molecule has 3 aromatic carbocycles. The molecule has 7 rings (SSSR count). The molecule has 2 aliphatic carbocycles. The van der Waals surface area contributed by atoms with Crippen molar-refractivity contribution in [2.45, 2.75) is 139 Å². The third-order valence-electron chi connectivity index (χ3n) is 14.3. The van der Waals surface area contributed by atoms with Gasteiger partial charge in [-0.3, -0.25) is 28.8 Å². The highest BCUT2D eigenvalue weighted by molar-refractivity contribution is 5.95. The summed E-state index contributed by atoms with van der Waals surface area (Å²) in [6.07, 6.45) is 10.9. The molecule has 364 valence electrons. The number of hydrogen-bond donors (Lipinski definition) is 6. The molecule has 4 aliphatic rings. The Morgan fingerprint density at radius 3 is 1.66 bits per heavy atom. The summed E-state index contributed by atoms with van der Waals surface area (Å²) in [6.45, 7) is 6.07. The van der Waals surface area contributed by atoms with Crippen molar-refractivity contribution < 1.29 is 33.5 Å². The fourth-order valence-electron chi connectivity index (χ4n) is 10.1. The minimum absolute atomic E-state index is 0.110. The van der Waals surface area contributed by atoms with Crippen LogP contribution < -0.4 is 31.9 Å². The lowest BCUT2D eigenvalue weighted by Crippen LogP contribution is -2.59. The molecule has 1 unspecified atom stereocenters. The molecule has 6 N–H and O–H groups in total. The number of hydrogen-bond acceptors (Lipinski definition) is 9. The normalized spacial score (nSPS) is 22.2. The number of rotatable bonds is 18. The van der Waals surface area contributed by atoms with Crippen molar-refractivity contribution in [1.29, 1.82) is 0 Å². The van der Waals surface area contributed by atoms with Crippen LogP contribution in [0.2, 0.25) is 0 Å². The molecule has 2 aliphatic heterocycles. The summed E-state index contributed by atoms with van der Waals surface area (Å²) in [4.78, 5) is 86.2. The molecule has 6 amide bonds. The predicted molar refractivity (Wildman–Crippen MR) is 261 cm³/mol. The average molecular weight is 931 g/mol. The largest absolute Gasteiger partial charge is 0.372 e. The van der Waals surface area contributed by atoms with E-state index >= 15 is 0 Å². The molecule has 9 atom stereocenters. The van der Waals surface area contributed by atoms with Crippen LogP contribution in [0.5, 0.6) is 0 Å². The first-order chi connectivity index (χ1) is 32.9. The molecular formula is C53H70N8O7. The Morgan fingerprint density at radius 2 is 1.13 bits per heavy atom. The second-order valence-electron chi connectivity index (χ2n) is 18.7. The summed E-state index contributed by atoms with van der Waals surface area (Å²) < 4.78 is 6.19. The highest BCUT2D eigenvalue weighted by Crippen LogP contribution is 2.33. The first-order valence-corrected chi connectivity index (χ1v) is 24.6. The van der Waals surface area contributed by atoms with Gasteiger partial charge in [0.05, 0.1) is 36.9 Å². The van der Waals surface area contributed by atoms with Crippen molar-refractivity contribution in [1.82, 2.24) is 41.7 Å². The van der Waals surface area contributed by atoms with Gasteiger partial charge in [0.2, 0.25) is 35.4 Å². The van der Waals surface area contributed by atoms with Gasteiger partial charge >= 0.3 is 0 Å². The van der Waals surface area contributed by atoms with Crippen molar-refractivity contribution in [3.05, 3.63) is 112 Å². The third kappa shape index (κ3) is 11.8. The number of nitrogens with one attached hydrogen (secondary N) is 6. The lowest BCUT2D eigenvalue weighted by atomic mass is 9.87. The Labute approximate surface area is 401 Å². The number of aryl methyl sites for hydroxylation is 2. The van der Waals surface area contributed by atoms with Crippen LogP contribution >= 0.6 is 0 Å². The lowest BCUT2D eigenvalue weighted by molar-refractivity contribution is -0.145. The molecule has 68 heavy (non-hydrogen) atoms. The van der Waals surface area contributed by atoms with Crippen LogP contribution in [0.3, 0.4) is 0 Å². The van der Waals surface area contributed by atoms with Crippen LogP contribution in [0, 0.1) is 0 Å². The summed E-state index contributed by atoms with van der Waals surface area (Å²) in [7, 11) is 3.35. The lowest BCUT2D eigenvalue weighted by Gasteiger charge is -2.33. The first-order valence-electron chi connectivity index (χ1n) is 24.6. The Morgan fingerprint density at radius 1 is 0.632 bits per heavy atom. The number of ether oxygens (including phenoxy) is 1. The standard InChI is InChI=1S/C53H70N8O7/c1-33(54-4)48(62)58-46(52(66)60-30-12-24-44(60)50(64)56-42-22-10-18-37-16-6-8-20-40(37)42)35(3)68-32-14-15-36-26-28-39(29-27-36)47(59-49(63)34(2)55-5)53(67)61-31-13-25-45(61)51(65)57-43-23-11-19-38-17-7-9-21-41(38)43/h6-9,14-17,20-21,26-29,33-35,42-47,54-55H,10-13,18-19,22-25,30-32H2,1-5H3,(H,56,64)(H,57,65)(H,58,62)(H,59,63)/t33-,34-,35+,42+,43+,44-,45-,46?,47-/m0/s1. The minimum atomic E-state index is -1.05. The molecule has 3 aromatic rings. The van der Waals surface area contributed by atoms with Crippen LogP contribution in [0.4, 0.5) is 0 Å². The molecule has 0 saturated carbocycles. The van der Waals surface area contributed by atoms with E-state index in [1.54, 1.807) is 62.9 Å². The molecule has 0 bridgehead atoms. The van der Waals surface area contributed by atoms with E-state index in [-0.39, 0.29) is 54.1 Å². The molecular weight excluding hydrogens is 861 g/mol. The summed E-state index contributed by atoms with van der Waals surface area (Å²) >= 11 is 0. The van der Waals surface area contributed by atoms with Gasteiger partial charge in [0.25, 0.3) is 0 Å². The monoisotopic (exact) mass is 931 g/mol. The van der Waals surface area contributed by atoms with E-state index in [2.05, 4.69) is 56.2 Å². The van der Waals surface area contributed by atoms with E-state index in [1.165, 1.54) is 11.1 Å². The molecule has 0 aromatic heterocycles. The topological polar surface area (TPSA) is 190 Å². The van der Waals surface area contributed by atoms with Crippen LogP contribution in [0.25, 0.3) is 6.08 Å². The number of likely N-dealkylation sites (tertiary alicyclic amines) is 2. The molecule has 0 spiro atoms. The minimum Gasteiger partial charge on any atom is -0.372 e. The molecule has 2 heterocycles. The third-order valence-corrected chi connectivity index (χ3v) is 14.3. The molecule has 2 fully saturated rings. The van der Waals surface area contributed by atoms with E-state index in [0.717, 1.165) is 55.2 Å². The number of fused-ring (bicyclic) bond motifs is 2. The van der Waals surface area contributed by atoms with E-state index in [4.69, 9.17) is 4.74 Å². The zero-order valence-corrected chi connectivity index (χ0v) is 40.2. The maximum atomic E-state index is 14.4. The van der Waals surface area contributed by atoms with Gasteiger partial charge in [0, 0.05) is 13.1 Å². The van der Waals surface area contributed by atoms with Gasteiger partial charge in [-0.1, -0.05) is 84.9 Å². The quantitative estimate of drug-likeness (QED) is 0.108. The Balaban J connectivity index is 0.995. The Bertz CT molecular complexity index is 2300. The van der Waals surface area contributed by atoms with Crippen LogP contribution in [0.15, 0.2) is 78.9 Å². The Kier molecular flexibility index (Phi) is 17.2. The van der Waals surface area contributed by atoms with Crippen molar-refractivity contribution in [3.63, 3.8) is 0 Å². The maximum absolute atomic E-state index is 14.4. The highest BCUT2D eigenvalue weighted by atomic mass is 16.5. The van der Waals surface area contributed by atoms with E-state index < -0.39 is 42.4 Å². The number of benzene rings is 3. The second kappa shape index (κ2) is 23.4. The average Bonchev–Trinajstić information content (AvgIpc) is 4.07. The van der Waals surface area contributed by atoms with E-state index in [9.17, 15) is 28.8 Å². The first kappa shape index (κ1) is 50.0. The van der Waals surface area contributed by atoms with Gasteiger partial charge in [0.15, 0.2) is 0 Å². The summed E-state index contributed by atoms with van der Waals surface area (Å²) in [5.74, 6) is -1.79. The van der Waals surface area contributed by atoms with Gasteiger partial charge in [-0.05, 0) is 132 Å². The van der Waals surface area contributed by atoms with Crippen LogP contribution in [-0.2, 0) is 46.3 Å². The van der Waals surface area contributed by atoms with Crippen molar-refractivity contribution in [2.75, 3.05) is 33.8 Å². The van der Waals surface area contributed by atoms with Crippen LogP contribution in [-0.4, -0.2) is 115 Å². The van der Waals surface area contributed by atoms with Crippen molar-refractivity contribution in [2.24, 2.45) is 0 Å². The number of nitrogens with zero attached hydrogens (tertiary/aromatic N) is 2. The fourth-order valence-corrected chi connectivity index (χ4v) is 10.1. The number of likely N-dealkylation sites (N-methyl/N-ethyl adjacent to an activating group) is 2. The van der Waals surface area contributed by atoms with E-state index in [1.807, 2.05) is 42.5 Å². The fraction of sp³-hybridized carbons (Fsp3) is 0.509. The number of amides is 6. The molecule has 2 saturated heterocycles. The van der Waals surface area contributed by atoms with Crippen LogP contribution in [0.1, 0.15) is 124 Å². The van der Waals surface area contributed by atoms with Gasteiger partial charge in [0.1, 0.15) is 24.2 Å². The van der Waals surface area contributed by atoms with E-state index in [0.29, 0.717) is 44.3 Å². The molecule has 15 nitrogen and oxygen atoms in total. The zero-order valence-electron chi connectivity index (χ0n) is 40.2. The van der Waals surface area contributed by atoms with Gasteiger partial charge in [-0.25, -0.2) is 0 Å².